The summed E-state index contributed by atoms with van der Waals surface area (Å²) in [5, 5.41) is 7.75. The average Bonchev–Trinajstić information content (AvgIpc) is 3.20. The number of aliphatic imine (C=N–C) groups is 1. The smallest absolute Gasteiger partial charge is 0.222 e. The molecule has 0 spiro atoms. The zero-order chi connectivity index (χ0) is 18.4. The summed E-state index contributed by atoms with van der Waals surface area (Å²) < 4.78 is 5.93. The van der Waals surface area contributed by atoms with Gasteiger partial charge in [0.05, 0.1) is 0 Å². The molecule has 0 aliphatic carbocycles. The van der Waals surface area contributed by atoms with Gasteiger partial charge >= 0.3 is 0 Å². The third-order valence-corrected chi connectivity index (χ3v) is 4.74. The Morgan fingerprint density at radius 1 is 1.30 bits per heavy atom. The van der Waals surface area contributed by atoms with E-state index in [-0.39, 0.29) is 29.9 Å². The van der Waals surface area contributed by atoms with Crippen LogP contribution in [0.25, 0.3) is 11.0 Å². The zero-order valence-electron chi connectivity index (χ0n) is 16.1. The van der Waals surface area contributed by atoms with E-state index < -0.39 is 0 Å². The summed E-state index contributed by atoms with van der Waals surface area (Å²) in [6, 6.07) is 8.06. The summed E-state index contributed by atoms with van der Waals surface area (Å²) in [7, 11) is 0. The number of amides is 1. The van der Waals surface area contributed by atoms with E-state index in [0.29, 0.717) is 13.0 Å². The second-order valence-electron chi connectivity index (χ2n) is 6.61. The highest BCUT2D eigenvalue weighted by Gasteiger charge is 2.18. The number of carbonyl (C=O) groups is 1. The Kier molecular flexibility index (Phi) is 8.40. The number of hydrogen-bond acceptors (Lipinski definition) is 3. The lowest BCUT2D eigenvalue weighted by atomic mass is 10.1. The quantitative estimate of drug-likeness (QED) is 0.274. The van der Waals surface area contributed by atoms with Crippen molar-refractivity contribution in [3.63, 3.8) is 0 Å². The molecule has 7 heteroatoms. The van der Waals surface area contributed by atoms with Gasteiger partial charge in [0.1, 0.15) is 17.9 Å². The second-order valence-corrected chi connectivity index (χ2v) is 6.61. The minimum absolute atomic E-state index is 0. The van der Waals surface area contributed by atoms with Crippen molar-refractivity contribution in [2.45, 2.75) is 39.7 Å². The van der Waals surface area contributed by atoms with Gasteiger partial charge in [-0.3, -0.25) is 4.79 Å². The van der Waals surface area contributed by atoms with Crippen molar-refractivity contribution in [2.75, 3.05) is 26.2 Å². The van der Waals surface area contributed by atoms with Gasteiger partial charge in [0.15, 0.2) is 5.96 Å². The normalized spacial score (nSPS) is 14.5. The predicted molar refractivity (Wildman–Crippen MR) is 120 cm³/mol. The number of aryl methyl sites for hydroxylation is 1. The number of benzene rings is 1. The van der Waals surface area contributed by atoms with Crippen LogP contribution in [-0.2, 0) is 11.3 Å². The van der Waals surface area contributed by atoms with Crippen molar-refractivity contribution >= 4 is 46.8 Å². The first-order chi connectivity index (χ1) is 12.7. The van der Waals surface area contributed by atoms with Gasteiger partial charge in [0.2, 0.25) is 5.91 Å². The maximum Gasteiger partial charge on any atom is 0.222 e. The number of guanidine groups is 1. The van der Waals surface area contributed by atoms with Crippen LogP contribution in [0.4, 0.5) is 0 Å². The monoisotopic (exact) mass is 484 g/mol. The molecular formula is C20H29IN4O2. The third kappa shape index (κ3) is 5.60. The molecule has 27 heavy (non-hydrogen) atoms. The van der Waals surface area contributed by atoms with Crippen LogP contribution in [0.3, 0.4) is 0 Å². The number of furan rings is 1. The number of fused-ring (bicyclic) bond motifs is 1. The van der Waals surface area contributed by atoms with E-state index in [1.165, 1.54) is 0 Å². The van der Waals surface area contributed by atoms with Crippen molar-refractivity contribution in [3.8, 4) is 0 Å². The second kappa shape index (κ2) is 10.5. The fourth-order valence-corrected chi connectivity index (χ4v) is 3.29. The zero-order valence-corrected chi connectivity index (χ0v) is 18.4. The lowest BCUT2D eigenvalue weighted by molar-refractivity contribution is -0.127. The highest BCUT2D eigenvalue weighted by molar-refractivity contribution is 14.0. The lowest BCUT2D eigenvalue weighted by Crippen LogP contribution is -2.39. The molecular weight excluding hydrogens is 455 g/mol. The Morgan fingerprint density at radius 2 is 2.11 bits per heavy atom. The van der Waals surface area contributed by atoms with E-state index in [1.54, 1.807) is 0 Å². The Morgan fingerprint density at radius 3 is 2.81 bits per heavy atom. The number of para-hydroxylation sites is 1. The number of carbonyl (C=O) groups excluding carboxylic acids is 1. The molecule has 1 amide bonds. The highest BCUT2D eigenvalue weighted by atomic mass is 127. The molecule has 6 nitrogen and oxygen atoms in total. The van der Waals surface area contributed by atoms with Crippen LogP contribution in [0, 0.1) is 6.92 Å². The molecule has 1 aromatic heterocycles. The molecule has 3 rings (SSSR count). The van der Waals surface area contributed by atoms with E-state index in [2.05, 4.69) is 28.6 Å². The maximum atomic E-state index is 11.6. The van der Waals surface area contributed by atoms with Crippen LogP contribution in [0.5, 0.6) is 0 Å². The molecule has 2 heterocycles. The molecule has 1 fully saturated rings. The van der Waals surface area contributed by atoms with E-state index in [1.807, 2.05) is 30.0 Å². The fourth-order valence-electron chi connectivity index (χ4n) is 3.29. The van der Waals surface area contributed by atoms with Crippen molar-refractivity contribution in [1.82, 2.24) is 15.5 Å². The van der Waals surface area contributed by atoms with Crippen LogP contribution in [0.2, 0.25) is 0 Å². The van der Waals surface area contributed by atoms with Crippen molar-refractivity contribution in [1.29, 1.82) is 0 Å². The summed E-state index contributed by atoms with van der Waals surface area (Å²) in [5.74, 6) is 1.96. The number of rotatable bonds is 7. The molecule has 148 valence electrons. The van der Waals surface area contributed by atoms with Crippen LogP contribution in [0.15, 0.2) is 33.7 Å². The molecule has 0 atom stereocenters. The van der Waals surface area contributed by atoms with Gasteiger partial charge in [-0.2, -0.15) is 0 Å². The number of halogens is 1. The standard InChI is InChI=1S/C20H28N4O2.HI/c1-3-21-20(22-11-7-13-24-12-6-10-19(24)25)23-14-18-15(2)16-8-4-5-9-17(16)26-18;/h4-5,8-9H,3,6-7,10-14H2,1-2H3,(H2,21,22,23);1H. The molecule has 1 aliphatic heterocycles. The largest absolute Gasteiger partial charge is 0.459 e. The maximum absolute atomic E-state index is 11.6. The molecule has 0 unspecified atom stereocenters. The Labute approximate surface area is 177 Å². The lowest BCUT2D eigenvalue weighted by Gasteiger charge is -2.16. The molecule has 1 aliphatic rings. The van der Waals surface area contributed by atoms with Gasteiger partial charge in [0, 0.05) is 43.5 Å². The topological polar surface area (TPSA) is 69.9 Å². The van der Waals surface area contributed by atoms with Crippen LogP contribution in [0.1, 0.15) is 37.5 Å². The summed E-state index contributed by atoms with van der Waals surface area (Å²) in [5.41, 5.74) is 2.05. The number of nitrogens with zero attached hydrogens (tertiary/aromatic N) is 2. The molecule has 0 bridgehead atoms. The number of likely N-dealkylation sites (tertiary alicyclic amines) is 1. The van der Waals surface area contributed by atoms with Gasteiger partial charge < -0.3 is 20.0 Å². The van der Waals surface area contributed by atoms with Gasteiger partial charge in [-0.25, -0.2) is 4.99 Å². The summed E-state index contributed by atoms with van der Waals surface area (Å²) in [6.07, 6.45) is 2.61. The number of hydrogen-bond donors (Lipinski definition) is 2. The van der Waals surface area contributed by atoms with Crippen LogP contribution in [-0.4, -0.2) is 42.9 Å². The third-order valence-electron chi connectivity index (χ3n) is 4.74. The molecule has 0 saturated carbocycles. The molecule has 1 aromatic carbocycles. The predicted octanol–water partition coefficient (Wildman–Crippen LogP) is 3.43. The van der Waals surface area contributed by atoms with Gasteiger partial charge in [-0.05, 0) is 32.8 Å². The molecule has 1 saturated heterocycles. The van der Waals surface area contributed by atoms with Crippen molar-refractivity contribution in [2.24, 2.45) is 4.99 Å². The summed E-state index contributed by atoms with van der Waals surface area (Å²) in [6.45, 7) is 7.92. The Hall–Kier alpha value is -1.77. The van der Waals surface area contributed by atoms with Gasteiger partial charge in [-0.15, -0.1) is 24.0 Å². The summed E-state index contributed by atoms with van der Waals surface area (Å²) >= 11 is 0. The average molecular weight is 484 g/mol. The molecule has 2 N–H and O–H groups in total. The Bertz CT molecular complexity index is 787. The first-order valence-corrected chi connectivity index (χ1v) is 9.46. The Balaban J connectivity index is 0.00000261. The van der Waals surface area contributed by atoms with E-state index in [0.717, 1.165) is 67.3 Å². The minimum Gasteiger partial charge on any atom is -0.459 e. The van der Waals surface area contributed by atoms with Gasteiger partial charge in [-0.1, -0.05) is 18.2 Å². The van der Waals surface area contributed by atoms with Crippen molar-refractivity contribution < 1.29 is 9.21 Å². The highest BCUT2D eigenvalue weighted by Crippen LogP contribution is 2.25. The summed E-state index contributed by atoms with van der Waals surface area (Å²) in [4.78, 5) is 18.2. The van der Waals surface area contributed by atoms with E-state index in [4.69, 9.17) is 4.42 Å². The molecule has 0 radical (unpaired) electrons. The minimum atomic E-state index is 0. The fraction of sp³-hybridized carbons (Fsp3) is 0.500. The number of nitrogens with one attached hydrogen (secondary N) is 2. The molecule has 2 aromatic rings. The van der Waals surface area contributed by atoms with Crippen molar-refractivity contribution in [3.05, 3.63) is 35.6 Å². The van der Waals surface area contributed by atoms with E-state index >= 15 is 0 Å². The van der Waals surface area contributed by atoms with E-state index in [9.17, 15) is 4.79 Å². The SMILES string of the molecule is CCNC(=NCc1oc2ccccc2c1C)NCCCN1CCCC1=O.I. The van der Waals surface area contributed by atoms with Crippen LogP contribution >= 0.6 is 24.0 Å². The first-order valence-electron chi connectivity index (χ1n) is 9.46. The first kappa shape index (κ1) is 21.5. The van der Waals surface area contributed by atoms with Gasteiger partial charge in [0.25, 0.3) is 0 Å². The van der Waals surface area contributed by atoms with Crippen LogP contribution < -0.4 is 10.6 Å².